The lowest BCUT2D eigenvalue weighted by atomic mass is 10.1. The molecule has 1 atom stereocenters. The van der Waals surface area contributed by atoms with Crippen molar-refractivity contribution in [3.63, 3.8) is 0 Å². The highest BCUT2D eigenvalue weighted by molar-refractivity contribution is 4.85. The van der Waals surface area contributed by atoms with Crippen LogP contribution in [0, 0.1) is 0 Å². The molecule has 4 heteroatoms. The number of hydrogen-bond acceptors (Lipinski definition) is 4. The third kappa shape index (κ3) is 5.47. The van der Waals surface area contributed by atoms with Gasteiger partial charge in [0, 0.05) is 33.4 Å². The molecule has 0 saturated carbocycles. The molecule has 0 bridgehead atoms. The van der Waals surface area contributed by atoms with E-state index in [1.54, 1.807) is 7.11 Å². The summed E-state index contributed by atoms with van der Waals surface area (Å²) >= 11 is 0. The molecule has 1 saturated heterocycles. The minimum absolute atomic E-state index is 0.475. The van der Waals surface area contributed by atoms with E-state index in [4.69, 9.17) is 9.47 Å². The summed E-state index contributed by atoms with van der Waals surface area (Å²) in [5, 5.41) is 9.75. The average Bonchev–Trinajstić information content (AvgIpc) is 2.52. The summed E-state index contributed by atoms with van der Waals surface area (Å²) in [7, 11) is 1.68. The van der Waals surface area contributed by atoms with Crippen LogP contribution in [0.15, 0.2) is 0 Å². The third-order valence-corrected chi connectivity index (χ3v) is 2.73. The lowest BCUT2D eigenvalue weighted by Gasteiger charge is -2.18. The quantitative estimate of drug-likeness (QED) is 0.630. The van der Waals surface area contributed by atoms with E-state index in [9.17, 15) is 5.11 Å². The fourth-order valence-electron chi connectivity index (χ4n) is 1.86. The van der Waals surface area contributed by atoms with Crippen molar-refractivity contribution in [1.29, 1.82) is 0 Å². The number of hydrogen-bond donors (Lipinski definition) is 1. The van der Waals surface area contributed by atoms with E-state index in [0.29, 0.717) is 13.2 Å². The minimum atomic E-state index is -0.475. The largest absolute Gasteiger partial charge is 0.389 e. The molecule has 0 aromatic carbocycles. The van der Waals surface area contributed by atoms with Gasteiger partial charge in [0.05, 0.1) is 18.8 Å². The second-order valence-electron chi connectivity index (χ2n) is 4.48. The van der Waals surface area contributed by atoms with Gasteiger partial charge in [-0.3, -0.25) is 0 Å². The van der Waals surface area contributed by atoms with Crippen molar-refractivity contribution >= 4 is 0 Å². The molecule has 15 heavy (non-hydrogen) atoms. The van der Waals surface area contributed by atoms with Crippen molar-refractivity contribution < 1.29 is 14.6 Å². The number of methoxy groups -OCH3 is 1. The fourth-order valence-corrected chi connectivity index (χ4v) is 1.86. The van der Waals surface area contributed by atoms with Crippen molar-refractivity contribution in [2.75, 3.05) is 46.6 Å². The minimum Gasteiger partial charge on any atom is -0.389 e. The van der Waals surface area contributed by atoms with Gasteiger partial charge in [0.1, 0.15) is 0 Å². The second kappa shape index (κ2) is 6.43. The van der Waals surface area contributed by atoms with E-state index in [1.165, 1.54) is 0 Å². The summed E-state index contributed by atoms with van der Waals surface area (Å²) < 4.78 is 10.3. The number of rotatable bonds is 7. The van der Waals surface area contributed by atoms with Crippen molar-refractivity contribution in [3.8, 4) is 0 Å². The Morgan fingerprint density at radius 3 is 2.73 bits per heavy atom. The first-order chi connectivity index (χ1) is 7.14. The van der Waals surface area contributed by atoms with Crippen LogP contribution >= 0.6 is 0 Å². The maximum Gasteiger partial charge on any atom is 0.0758 e. The van der Waals surface area contributed by atoms with Crippen LogP contribution in [0.3, 0.4) is 0 Å². The second-order valence-corrected chi connectivity index (χ2v) is 4.48. The molecular weight excluding hydrogens is 194 g/mol. The Bertz CT molecular complexity index is 173. The van der Waals surface area contributed by atoms with Crippen LogP contribution < -0.4 is 0 Å². The van der Waals surface area contributed by atoms with Gasteiger partial charge in [-0.05, 0) is 19.8 Å². The van der Waals surface area contributed by atoms with Gasteiger partial charge in [0.15, 0.2) is 0 Å². The van der Waals surface area contributed by atoms with E-state index in [0.717, 1.165) is 39.1 Å². The SMILES string of the molecule is COCCOCCCN1CCC(C)(O)C1. The Morgan fingerprint density at radius 1 is 1.33 bits per heavy atom. The van der Waals surface area contributed by atoms with Gasteiger partial charge in [-0.1, -0.05) is 0 Å². The van der Waals surface area contributed by atoms with Crippen LogP contribution in [0.25, 0.3) is 0 Å². The number of nitrogens with zero attached hydrogens (tertiary/aromatic N) is 1. The summed E-state index contributed by atoms with van der Waals surface area (Å²) in [6.07, 6.45) is 1.91. The zero-order chi connectivity index (χ0) is 11.1. The maximum atomic E-state index is 9.75. The molecule has 1 aliphatic rings. The van der Waals surface area contributed by atoms with E-state index in [-0.39, 0.29) is 0 Å². The Labute approximate surface area is 92.2 Å². The smallest absolute Gasteiger partial charge is 0.0758 e. The molecule has 0 aromatic rings. The molecule has 1 N–H and O–H groups in total. The summed E-state index contributed by atoms with van der Waals surface area (Å²) in [5.41, 5.74) is -0.475. The van der Waals surface area contributed by atoms with Gasteiger partial charge in [0.25, 0.3) is 0 Å². The normalized spacial score (nSPS) is 27.4. The van der Waals surface area contributed by atoms with Crippen LogP contribution in [0.4, 0.5) is 0 Å². The Balaban J connectivity index is 1.93. The van der Waals surface area contributed by atoms with E-state index in [1.807, 2.05) is 6.92 Å². The lowest BCUT2D eigenvalue weighted by Crippen LogP contribution is -2.30. The number of ether oxygens (including phenoxy) is 2. The Kier molecular flexibility index (Phi) is 5.53. The fraction of sp³-hybridized carbons (Fsp3) is 1.00. The molecule has 4 nitrogen and oxygen atoms in total. The molecule has 1 fully saturated rings. The monoisotopic (exact) mass is 217 g/mol. The van der Waals surface area contributed by atoms with Crippen molar-refractivity contribution in [2.45, 2.75) is 25.4 Å². The predicted octanol–water partition coefficient (Wildman–Crippen LogP) is 0.496. The summed E-state index contributed by atoms with van der Waals surface area (Å²) in [6.45, 7) is 6.84. The first-order valence-electron chi connectivity index (χ1n) is 5.65. The zero-order valence-corrected chi connectivity index (χ0v) is 9.87. The van der Waals surface area contributed by atoms with E-state index < -0.39 is 5.60 Å². The van der Waals surface area contributed by atoms with Gasteiger partial charge < -0.3 is 19.5 Å². The highest BCUT2D eigenvalue weighted by Crippen LogP contribution is 2.19. The molecular formula is C11H23NO3. The first kappa shape index (κ1) is 12.9. The predicted molar refractivity (Wildman–Crippen MR) is 59.0 cm³/mol. The maximum absolute atomic E-state index is 9.75. The first-order valence-corrected chi connectivity index (χ1v) is 5.65. The molecule has 0 aliphatic carbocycles. The lowest BCUT2D eigenvalue weighted by molar-refractivity contribution is 0.0574. The molecule has 1 rings (SSSR count). The molecule has 1 heterocycles. The van der Waals surface area contributed by atoms with Gasteiger partial charge in [-0.25, -0.2) is 0 Å². The van der Waals surface area contributed by atoms with Crippen molar-refractivity contribution in [2.24, 2.45) is 0 Å². The molecule has 90 valence electrons. The molecule has 0 amide bonds. The van der Waals surface area contributed by atoms with Crippen molar-refractivity contribution in [3.05, 3.63) is 0 Å². The number of likely N-dealkylation sites (tertiary alicyclic amines) is 1. The van der Waals surface area contributed by atoms with Gasteiger partial charge in [0.2, 0.25) is 0 Å². The Morgan fingerprint density at radius 2 is 2.13 bits per heavy atom. The zero-order valence-electron chi connectivity index (χ0n) is 9.87. The topological polar surface area (TPSA) is 41.9 Å². The van der Waals surface area contributed by atoms with E-state index in [2.05, 4.69) is 4.90 Å². The molecule has 1 unspecified atom stereocenters. The molecule has 0 radical (unpaired) electrons. The van der Waals surface area contributed by atoms with Crippen LogP contribution in [0.2, 0.25) is 0 Å². The standard InChI is InChI=1S/C11H23NO3/c1-11(13)4-6-12(10-11)5-3-7-15-9-8-14-2/h13H,3-10H2,1-2H3. The Hall–Kier alpha value is -0.160. The highest BCUT2D eigenvalue weighted by atomic mass is 16.5. The van der Waals surface area contributed by atoms with Gasteiger partial charge >= 0.3 is 0 Å². The molecule has 0 spiro atoms. The highest BCUT2D eigenvalue weighted by Gasteiger charge is 2.30. The van der Waals surface area contributed by atoms with Crippen LogP contribution in [-0.2, 0) is 9.47 Å². The average molecular weight is 217 g/mol. The third-order valence-electron chi connectivity index (χ3n) is 2.73. The number of aliphatic hydroxyl groups is 1. The molecule has 0 aromatic heterocycles. The van der Waals surface area contributed by atoms with Crippen LogP contribution in [-0.4, -0.2) is 62.2 Å². The van der Waals surface area contributed by atoms with E-state index >= 15 is 0 Å². The van der Waals surface area contributed by atoms with Gasteiger partial charge in [-0.2, -0.15) is 0 Å². The van der Waals surface area contributed by atoms with Crippen LogP contribution in [0.5, 0.6) is 0 Å². The number of β-amino-alcohol motifs (C(OH)–C–C–N with tert-alkyl or cyclic N) is 1. The van der Waals surface area contributed by atoms with Crippen molar-refractivity contribution in [1.82, 2.24) is 4.90 Å². The summed E-state index contributed by atoms with van der Waals surface area (Å²) in [5.74, 6) is 0. The molecule has 1 aliphatic heterocycles. The summed E-state index contributed by atoms with van der Waals surface area (Å²) in [6, 6.07) is 0. The van der Waals surface area contributed by atoms with Crippen LogP contribution in [0.1, 0.15) is 19.8 Å². The van der Waals surface area contributed by atoms with Gasteiger partial charge in [-0.15, -0.1) is 0 Å². The summed E-state index contributed by atoms with van der Waals surface area (Å²) in [4.78, 5) is 2.29.